The van der Waals surface area contributed by atoms with E-state index >= 15 is 0 Å². The van der Waals surface area contributed by atoms with Gasteiger partial charge in [0.05, 0.1) is 11.4 Å². The maximum atomic E-state index is 5.82. The Morgan fingerprint density at radius 2 is 1.95 bits per heavy atom. The topological polar surface area (TPSA) is 50.7 Å². The molecule has 0 saturated heterocycles. The van der Waals surface area contributed by atoms with Crippen LogP contribution in [0.25, 0.3) is 6.08 Å². The summed E-state index contributed by atoms with van der Waals surface area (Å²) in [5.41, 5.74) is 2.57. The van der Waals surface area contributed by atoms with Crippen molar-refractivity contribution >= 4 is 35.1 Å². The fraction of sp³-hybridized carbons (Fsp3) is 0.154. The molecular formula is C13H13ClN4S. The van der Waals surface area contributed by atoms with Crippen LogP contribution in [0, 0.1) is 6.92 Å². The Morgan fingerprint density at radius 3 is 2.63 bits per heavy atom. The first-order chi connectivity index (χ1) is 9.19. The Bertz CT molecular complexity index is 584. The van der Waals surface area contributed by atoms with E-state index in [9.17, 15) is 0 Å². The van der Waals surface area contributed by atoms with Gasteiger partial charge in [0.15, 0.2) is 0 Å². The number of benzene rings is 1. The maximum absolute atomic E-state index is 5.82. The summed E-state index contributed by atoms with van der Waals surface area (Å²) < 4.78 is 0. The Balaban J connectivity index is 2.08. The van der Waals surface area contributed by atoms with Crippen LogP contribution < -0.4 is 5.32 Å². The lowest BCUT2D eigenvalue weighted by atomic mass is 10.3. The first kappa shape index (κ1) is 13.8. The molecule has 0 atom stereocenters. The summed E-state index contributed by atoms with van der Waals surface area (Å²) in [5, 5.41) is 12.6. The molecule has 19 heavy (non-hydrogen) atoms. The third kappa shape index (κ3) is 3.94. The molecule has 0 unspecified atom stereocenters. The minimum Gasteiger partial charge on any atom is -0.362 e. The van der Waals surface area contributed by atoms with Crippen LogP contribution in [0.2, 0.25) is 5.02 Å². The standard InChI is InChI=1S/C13H13ClN4S/c1-9-12(16-13(19-2)18-17-9)7-8-15-11-5-3-10(14)4-6-11/h3-8,15H,1-2H3. The van der Waals surface area contributed by atoms with Gasteiger partial charge in [0.2, 0.25) is 5.16 Å². The summed E-state index contributed by atoms with van der Waals surface area (Å²) in [5.74, 6) is 0. The average molecular weight is 293 g/mol. The monoisotopic (exact) mass is 292 g/mol. The van der Waals surface area contributed by atoms with E-state index in [4.69, 9.17) is 11.6 Å². The van der Waals surface area contributed by atoms with Gasteiger partial charge in [-0.05, 0) is 43.5 Å². The lowest BCUT2D eigenvalue weighted by Crippen LogP contribution is -1.98. The molecule has 0 aliphatic rings. The Morgan fingerprint density at radius 1 is 1.21 bits per heavy atom. The average Bonchev–Trinajstić information content (AvgIpc) is 2.43. The van der Waals surface area contributed by atoms with Crippen LogP contribution in [0.3, 0.4) is 0 Å². The van der Waals surface area contributed by atoms with E-state index in [1.165, 1.54) is 11.8 Å². The van der Waals surface area contributed by atoms with E-state index in [-0.39, 0.29) is 0 Å². The summed E-state index contributed by atoms with van der Waals surface area (Å²) in [6.07, 6.45) is 5.62. The summed E-state index contributed by atoms with van der Waals surface area (Å²) >= 11 is 7.29. The van der Waals surface area contributed by atoms with Crippen LogP contribution in [0.5, 0.6) is 0 Å². The number of rotatable bonds is 4. The van der Waals surface area contributed by atoms with Crippen LogP contribution in [-0.4, -0.2) is 21.4 Å². The van der Waals surface area contributed by atoms with Crippen LogP contribution in [-0.2, 0) is 0 Å². The zero-order valence-corrected chi connectivity index (χ0v) is 12.2. The molecule has 0 spiro atoms. The van der Waals surface area contributed by atoms with Gasteiger partial charge >= 0.3 is 0 Å². The molecule has 0 amide bonds. The number of thioether (sulfide) groups is 1. The van der Waals surface area contributed by atoms with Crippen molar-refractivity contribution in [1.29, 1.82) is 0 Å². The molecule has 0 bridgehead atoms. The normalized spacial score (nSPS) is 10.9. The molecule has 0 fully saturated rings. The van der Waals surface area contributed by atoms with Gasteiger partial charge in [-0.15, -0.1) is 5.10 Å². The largest absolute Gasteiger partial charge is 0.362 e. The highest BCUT2D eigenvalue weighted by atomic mass is 35.5. The van der Waals surface area contributed by atoms with Crippen LogP contribution in [0.1, 0.15) is 11.4 Å². The quantitative estimate of drug-likeness (QED) is 0.872. The maximum Gasteiger partial charge on any atom is 0.209 e. The first-order valence-electron chi connectivity index (χ1n) is 5.63. The minimum atomic E-state index is 0.664. The lowest BCUT2D eigenvalue weighted by Gasteiger charge is -2.02. The van der Waals surface area contributed by atoms with Crippen molar-refractivity contribution in [1.82, 2.24) is 15.2 Å². The number of hydrogen-bond donors (Lipinski definition) is 1. The molecule has 0 radical (unpaired) electrons. The molecule has 0 aliphatic carbocycles. The third-order valence-electron chi connectivity index (χ3n) is 2.39. The number of anilines is 1. The smallest absolute Gasteiger partial charge is 0.209 e. The second-order valence-corrected chi connectivity index (χ2v) is 4.96. The third-order valence-corrected chi connectivity index (χ3v) is 3.18. The first-order valence-corrected chi connectivity index (χ1v) is 7.23. The van der Waals surface area contributed by atoms with E-state index in [1.54, 1.807) is 0 Å². The molecule has 6 heteroatoms. The van der Waals surface area contributed by atoms with E-state index in [1.807, 2.05) is 49.7 Å². The van der Waals surface area contributed by atoms with Crippen molar-refractivity contribution in [3.63, 3.8) is 0 Å². The number of aromatic nitrogens is 3. The van der Waals surface area contributed by atoms with Gasteiger partial charge < -0.3 is 5.32 Å². The number of aryl methyl sites for hydroxylation is 1. The van der Waals surface area contributed by atoms with Gasteiger partial charge in [-0.3, -0.25) is 0 Å². The second kappa shape index (κ2) is 6.54. The van der Waals surface area contributed by atoms with Crippen LogP contribution in [0.15, 0.2) is 35.6 Å². The fourth-order valence-electron chi connectivity index (χ4n) is 1.38. The Kier molecular flexibility index (Phi) is 4.76. The number of hydrogen-bond acceptors (Lipinski definition) is 5. The van der Waals surface area contributed by atoms with Crippen LogP contribution in [0.4, 0.5) is 5.69 Å². The number of nitrogens with zero attached hydrogens (tertiary/aromatic N) is 3. The van der Waals surface area contributed by atoms with Gasteiger partial charge in [-0.1, -0.05) is 23.4 Å². The minimum absolute atomic E-state index is 0.664. The summed E-state index contributed by atoms with van der Waals surface area (Å²) in [7, 11) is 0. The number of halogens is 1. The van der Waals surface area contributed by atoms with Gasteiger partial charge in [-0.2, -0.15) is 5.10 Å². The van der Waals surface area contributed by atoms with Gasteiger partial charge in [0.25, 0.3) is 0 Å². The van der Waals surface area contributed by atoms with Crippen molar-refractivity contribution in [2.24, 2.45) is 0 Å². The van der Waals surface area contributed by atoms with E-state index in [0.717, 1.165) is 22.1 Å². The Labute approximate surface area is 121 Å². The molecule has 4 nitrogen and oxygen atoms in total. The van der Waals surface area contributed by atoms with Crippen molar-refractivity contribution in [3.8, 4) is 0 Å². The predicted octanol–water partition coefficient (Wildman–Crippen LogP) is 3.64. The second-order valence-electron chi connectivity index (χ2n) is 3.75. The highest BCUT2D eigenvalue weighted by molar-refractivity contribution is 7.98. The Hall–Kier alpha value is -1.59. The lowest BCUT2D eigenvalue weighted by molar-refractivity contribution is 0.807. The summed E-state index contributed by atoms with van der Waals surface area (Å²) in [6, 6.07) is 7.48. The van der Waals surface area contributed by atoms with Crippen molar-refractivity contribution in [3.05, 3.63) is 46.9 Å². The van der Waals surface area contributed by atoms with Crippen LogP contribution >= 0.6 is 23.4 Å². The molecule has 1 aromatic heterocycles. The molecule has 2 aromatic rings. The highest BCUT2D eigenvalue weighted by Crippen LogP contribution is 2.14. The van der Waals surface area contributed by atoms with E-state index in [0.29, 0.717) is 5.16 Å². The number of nitrogens with one attached hydrogen (secondary N) is 1. The van der Waals surface area contributed by atoms with Crippen molar-refractivity contribution in [2.45, 2.75) is 12.1 Å². The highest BCUT2D eigenvalue weighted by Gasteiger charge is 2.01. The van der Waals surface area contributed by atoms with Gasteiger partial charge in [0, 0.05) is 16.9 Å². The zero-order valence-electron chi connectivity index (χ0n) is 10.6. The molecule has 0 saturated carbocycles. The zero-order chi connectivity index (χ0) is 13.7. The molecular weight excluding hydrogens is 280 g/mol. The van der Waals surface area contributed by atoms with E-state index < -0.39 is 0 Å². The predicted molar refractivity (Wildman–Crippen MR) is 80.5 cm³/mol. The molecule has 1 aromatic carbocycles. The van der Waals surface area contributed by atoms with E-state index in [2.05, 4.69) is 20.5 Å². The van der Waals surface area contributed by atoms with Crippen molar-refractivity contribution in [2.75, 3.05) is 11.6 Å². The summed E-state index contributed by atoms with van der Waals surface area (Å²) in [6.45, 7) is 1.88. The van der Waals surface area contributed by atoms with Crippen molar-refractivity contribution < 1.29 is 0 Å². The van der Waals surface area contributed by atoms with Gasteiger partial charge in [-0.25, -0.2) is 4.98 Å². The molecule has 98 valence electrons. The molecule has 1 heterocycles. The SMILES string of the molecule is CSc1nnc(C)c(C=CNc2ccc(Cl)cc2)n1. The molecule has 2 rings (SSSR count). The summed E-state index contributed by atoms with van der Waals surface area (Å²) in [4.78, 5) is 4.38. The molecule has 1 N–H and O–H groups in total. The molecule has 0 aliphatic heterocycles. The fourth-order valence-corrected chi connectivity index (χ4v) is 1.82. The van der Waals surface area contributed by atoms with Gasteiger partial charge in [0.1, 0.15) is 0 Å².